The quantitative estimate of drug-likeness (QED) is 0.468. The predicted octanol–water partition coefficient (Wildman–Crippen LogP) is 4.15. The Hall–Kier alpha value is -2.70. The molecule has 6 heteroatoms. The summed E-state index contributed by atoms with van der Waals surface area (Å²) in [7, 11) is 0. The molecular weight excluding hydrogens is 348 g/mol. The number of rotatable bonds is 5. The molecule has 0 saturated heterocycles. The lowest BCUT2D eigenvalue weighted by atomic mass is 9.95. The van der Waals surface area contributed by atoms with Crippen LogP contribution in [-0.2, 0) is 0 Å². The Morgan fingerprint density at radius 1 is 1.00 bits per heavy atom. The lowest BCUT2D eigenvalue weighted by molar-refractivity contribution is 0.0706. The summed E-state index contributed by atoms with van der Waals surface area (Å²) in [5.41, 5.74) is 2.87. The Morgan fingerprint density at radius 3 is 2.31 bits per heavy atom. The first-order valence-electron chi connectivity index (χ1n) is 8.33. The SMILES string of the molecule is CC(C)C(NC(=O)c1cc2ccccc2s1)c1ccc(C(=O)NO)cc1. The zero-order valence-electron chi connectivity index (χ0n) is 14.5. The minimum atomic E-state index is -0.563. The molecular formula is C20H20N2O3S. The van der Waals surface area contributed by atoms with Gasteiger partial charge in [0.25, 0.3) is 11.8 Å². The molecule has 0 aliphatic carbocycles. The number of carbonyl (C=O) groups is 2. The van der Waals surface area contributed by atoms with Crippen molar-refractivity contribution in [1.82, 2.24) is 10.8 Å². The third-order valence-corrected chi connectivity index (χ3v) is 5.35. The van der Waals surface area contributed by atoms with Crippen LogP contribution < -0.4 is 10.8 Å². The summed E-state index contributed by atoms with van der Waals surface area (Å²) in [4.78, 5) is 24.8. The fourth-order valence-electron chi connectivity index (χ4n) is 2.85. The van der Waals surface area contributed by atoms with Crippen molar-refractivity contribution in [3.63, 3.8) is 0 Å². The second-order valence-electron chi connectivity index (χ2n) is 6.41. The highest BCUT2D eigenvalue weighted by molar-refractivity contribution is 7.20. The van der Waals surface area contributed by atoms with Gasteiger partial charge in [-0.3, -0.25) is 14.8 Å². The van der Waals surface area contributed by atoms with E-state index >= 15 is 0 Å². The molecule has 0 bridgehead atoms. The lowest BCUT2D eigenvalue weighted by Crippen LogP contribution is -2.31. The van der Waals surface area contributed by atoms with Gasteiger partial charge in [-0.2, -0.15) is 0 Å². The molecule has 134 valence electrons. The number of amides is 2. The first-order chi connectivity index (χ1) is 12.5. The normalized spacial score (nSPS) is 12.2. The molecule has 3 rings (SSSR count). The molecule has 0 fully saturated rings. The summed E-state index contributed by atoms with van der Waals surface area (Å²) in [5.74, 6) is -0.500. The van der Waals surface area contributed by atoms with Gasteiger partial charge in [-0.05, 0) is 41.1 Å². The third kappa shape index (κ3) is 3.76. The second-order valence-corrected chi connectivity index (χ2v) is 7.49. The molecule has 0 radical (unpaired) electrons. The standard InChI is InChI=1S/C20H20N2O3S/c1-12(2)18(13-7-9-14(10-8-13)19(23)22-25)21-20(24)17-11-15-5-3-4-6-16(15)26-17/h3-12,18,25H,1-2H3,(H,21,24)(H,22,23). The molecule has 1 unspecified atom stereocenters. The van der Waals surface area contributed by atoms with Gasteiger partial charge in [-0.15, -0.1) is 11.3 Å². The van der Waals surface area contributed by atoms with E-state index in [0.29, 0.717) is 10.4 Å². The van der Waals surface area contributed by atoms with Crippen molar-refractivity contribution in [3.8, 4) is 0 Å². The van der Waals surface area contributed by atoms with Crippen LogP contribution in [-0.4, -0.2) is 17.0 Å². The van der Waals surface area contributed by atoms with Crippen molar-refractivity contribution >= 4 is 33.2 Å². The molecule has 1 atom stereocenters. The molecule has 3 aromatic rings. The van der Waals surface area contributed by atoms with Gasteiger partial charge in [-0.25, -0.2) is 5.48 Å². The fourth-order valence-corrected chi connectivity index (χ4v) is 3.81. The van der Waals surface area contributed by atoms with Crippen molar-refractivity contribution in [2.45, 2.75) is 19.9 Å². The van der Waals surface area contributed by atoms with E-state index < -0.39 is 5.91 Å². The van der Waals surface area contributed by atoms with Crippen molar-refractivity contribution in [3.05, 3.63) is 70.6 Å². The number of hydroxylamine groups is 1. The molecule has 0 aliphatic rings. The number of hydrogen-bond donors (Lipinski definition) is 3. The fraction of sp³-hybridized carbons (Fsp3) is 0.200. The monoisotopic (exact) mass is 368 g/mol. The minimum Gasteiger partial charge on any atom is -0.344 e. The molecule has 0 aliphatic heterocycles. The van der Waals surface area contributed by atoms with E-state index in [1.54, 1.807) is 29.7 Å². The maximum absolute atomic E-state index is 12.7. The molecule has 1 heterocycles. The van der Waals surface area contributed by atoms with Gasteiger partial charge >= 0.3 is 0 Å². The van der Waals surface area contributed by atoms with E-state index in [2.05, 4.69) is 5.32 Å². The predicted molar refractivity (Wildman–Crippen MR) is 103 cm³/mol. The van der Waals surface area contributed by atoms with E-state index in [9.17, 15) is 9.59 Å². The summed E-state index contributed by atoms with van der Waals surface area (Å²) in [6.07, 6.45) is 0. The van der Waals surface area contributed by atoms with Crippen LogP contribution in [0.2, 0.25) is 0 Å². The van der Waals surface area contributed by atoms with Gasteiger partial charge in [0.15, 0.2) is 0 Å². The Bertz CT molecular complexity index is 899. The van der Waals surface area contributed by atoms with E-state index in [1.807, 2.05) is 44.2 Å². The zero-order valence-corrected chi connectivity index (χ0v) is 15.3. The summed E-state index contributed by atoms with van der Waals surface area (Å²) in [6.45, 7) is 4.06. The van der Waals surface area contributed by atoms with Crippen molar-refractivity contribution in [2.24, 2.45) is 5.92 Å². The van der Waals surface area contributed by atoms with Crippen LogP contribution in [0.1, 0.15) is 45.5 Å². The van der Waals surface area contributed by atoms with Crippen LogP contribution in [0, 0.1) is 5.92 Å². The number of nitrogens with one attached hydrogen (secondary N) is 2. The van der Waals surface area contributed by atoms with Gasteiger partial charge in [0, 0.05) is 10.3 Å². The maximum Gasteiger partial charge on any atom is 0.274 e. The topological polar surface area (TPSA) is 78.4 Å². The van der Waals surface area contributed by atoms with E-state index in [0.717, 1.165) is 15.6 Å². The molecule has 26 heavy (non-hydrogen) atoms. The molecule has 0 spiro atoms. The van der Waals surface area contributed by atoms with Gasteiger partial charge < -0.3 is 5.32 Å². The van der Waals surface area contributed by atoms with Crippen LogP contribution in [0.5, 0.6) is 0 Å². The molecule has 2 amide bonds. The second kappa shape index (κ2) is 7.68. The first kappa shape index (κ1) is 18.1. The van der Waals surface area contributed by atoms with Gasteiger partial charge in [0.05, 0.1) is 10.9 Å². The van der Waals surface area contributed by atoms with Crippen LogP contribution in [0.4, 0.5) is 0 Å². The zero-order chi connectivity index (χ0) is 18.7. The highest BCUT2D eigenvalue weighted by atomic mass is 32.1. The largest absolute Gasteiger partial charge is 0.344 e. The lowest BCUT2D eigenvalue weighted by Gasteiger charge is -2.23. The molecule has 5 nitrogen and oxygen atoms in total. The number of benzene rings is 2. The Kier molecular flexibility index (Phi) is 5.35. The van der Waals surface area contributed by atoms with Crippen molar-refractivity contribution in [2.75, 3.05) is 0 Å². The number of hydrogen-bond acceptors (Lipinski definition) is 4. The van der Waals surface area contributed by atoms with E-state index in [1.165, 1.54) is 11.3 Å². The molecule has 0 saturated carbocycles. The highest BCUT2D eigenvalue weighted by Gasteiger charge is 2.20. The van der Waals surface area contributed by atoms with Crippen LogP contribution >= 0.6 is 11.3 Å². The summed E-state index contributed by atoms with van der Waals surface area (Å²) in [5, 5.41) is 12.9. The van der Waals surface area contributed by atoms with Gasteiger partial charge in [0.2, 0.25) is 0 Å². The highest BCUT2D eigenvalue weighted by Crippen LogP contribution is 2.27. The number of fused-ring (bicyclic) bond motifs is 1. The van der Waals surface area contributed by atoms with Crippen molar-refractivity contribution in [1.29, 1.82) is 0 Å². The summed E-state index contributed by atoms with van der Waals surface area (Å²) in [6, 6.07) is 16.5. The van der Waals surface area contributed by atoms with Crippen LogP contribution in [0.15, 0.2) is 54.6 Å². The Labute approximate surface area is 155 Å². The minimum absolute atomic E-state index is 0.109. The molecule has 1 aromatic heterocycles. The molecule has 2 aromatic carbocycles. The number of carbonyl (C=O) groups excluding carboxylic acids is 2. The Morgan fingerprint density at radius 2 is 1.69 bits per heavy atom. The first-order valence-corrected chi connectivity index (χ1v) is 9.15. The van der Waals surface area contributed by atoms with E-state index in [-0.39, 0.29) is 17.9 Å². The summed E-state index contributed by atoms with van der Waals surface area (Å²) < 4.78 is 1.08. The Balaban J connectivity index is 1.81. The number of thiophene rings is 1. The van der Waals surface area contributed by atoms with Gasteiger partial charge in [0.1, 0.15) is 0 Å². The average Bonchev–Trinajstić information content (AvgIpc) is 3.09. The maximum atomic E-state index is 12.7. The van der Waals surface area contributed by atoms with Crippen LogP contribution in [0.3, 0.4) is 0 Å². The van der Waals surface area contributed by atoms with E-state index in [4.69, 9.17) is 5.21 Å². The van der Waals surface area contributed by atoms with Crippen molar-refractivity contribution < 1.29 is 14.8 Å². The van der Waals surface area contributed by atoms with Gasteiger partial charge in [-0.1, -0.05) is 44.2 Å². The third-order valence-electron chi connectivity index (χ3n) is 4.24. The molecule has 3 N–H and O–H groups in total. The summed E-state index contributed by atoms with van der Waals surface area (Å²) >= 11 is 1.47. The average molecular weight is 368 g/mol. The smallest absolute Gasteiger partial charge is 0.274 e. The van der Waals surface area contributed by atoms with Crippen LogP contribution in [0.25, 0.3) is 10.1 Å².